The molecule has 0 saturated heterocycles. The lowest BCUT2D eigenvalue weighted by molar-refractivity contribution is -0.324. The van der Waals surface area contributed by atoms with Gasteiger partial charge in [-0.2, -0.15) is 5.10 Å². The van der Waals surface area contributed by atoms with Gasteiger partial charge in [-0.05, 0) is 6.42 Å². The van der Waals surface area contributed by atoms with E-state index >= 15 is 0 Å². The highest BCUT2D eigenvalue weighted by Gasteiger charge is 2.28. The van der Waals surface area contributed by atoms with Crippen molar-refractivity contribution in [2.75, 3.05) is 12.3 Å². The second-order valence-corrected chi connectivity index (χ2v) is 3.18. The van der Waals surface area contributed by atoms with Crippen LogP contribution in [0.15, 0.2) is 6.20 Å². The van der Waals surface area contributed by atoms with Gasteiger partial charge in [0.25, 0.3) is 0 Å². The molecule has 1 rings (SSSR count). The summed E-state index contributed by atoms with van der Waals surface area (Å²) >= 11 is 5.60. The summed E-state index contributed by atoms with van der Waals surface area (Å²) in [5, 5.41) is 4.05. The van der Waals surface area contributed by atoms with Crippen molar-refractivity contribution in [2.45, 2.75) is 19.3 Å². The molecule has 8 heteroatoms. The monoisotopic (exact) mass is 243 g/mol. The van der Waals surface area contributed by atoms with E-state index < -0.39 is 13.0 Å². The molecule has 1 heterocycles. The van der Waals surface area contributed by atoms with Crippen LogP contribution in [0.5, 0.6) is 0 Å². The van der Waals surface area contributed by atoms with Crippen LogP contribution in [-0.2, 0) is 11.3 Å². The number of aromatic nitrogens is 2. The Hall–Kier alpha value is -0.950. The van der Waals surface area contributed by atoms with Crippen LogP contribution < -0.4 is 5.73 Å². The summed E-state index contributed by atoms with van der Waals surface area (Å²) in [4.78, 5) is 0. The van der Waals surface area contributed by atoms with Gasteiger partial charge in [-0.3, -0.25) is 9.42 Å². The van der Waals surface area contributed by atoms with Gasteiger partial charge in [0, 0.05) is 12.7 Å². The van der Waals surface area contributed by atoms with Gasteiger partial charge in [0.1, 0.15) is 5.02 Å². The first-order valence-corrected chi connectivity index (χ1v) is 4.45. The van der Waals surface area contributed by atoms with Gasteiger partial charge >= 0.3 is 6.36 Å². The van der Waals surface area contributed by atoms with Gasteiger partial charge < -0.3 is 5.73 Å². The van der Waals surface area contributed by atoms with Gasteiger partial charge in [-0.15, -0.1) is 13.2 Å². The number of aryl methyl sites for hydroxylation is 1. The van der Waals surface area contributed by atoms with E-state index in [1.54, 1.807) is 0 Å². The number of alkyl halides is 3. The topological polar surface area (TPSA) is 53.1 Å². The predicted octanol–water partition coefficient (Wildman–Crippen LogP) is 2.05. The van der Waals surface area contributed by atoms with Crippen molar-refractivity contribution >= 4 is 17.4 Å². The van der Waals surface area contributed by atoms with E-state index in [9.17, 15) is 13.2 Å². The maximum Gasteiger partial charge on any atom is 0.522 e. The average Bonchev–Trinajstić information content (AvgIpc) is 2.39. The molecule has 4 nitrogen and oxygen atoms in total. The summed E-state index contributed by atoms with van der Waals surface area (Å²) in [7, 11) is 0. The van der Waals surface area contributed by atoms with Crippen LogP contribution in [0.25, 0.3) is 0 Å². The molecule has 0 atom stereocenters. The quantitative estimate of drug-likeness (QED) is 0.824. The van der Waals surface area contributed by atoms with E-state index in [-0.39, 0.29) is 23.8 Å². The fourth-order valence-electron chi connectivity index (χ4n) is 0.941. The number of nitrogen functional groups attached to an aromatic ring is 1. The Bertz CT molecular complexity index is 306. The number of nitrogens with zero attached hydrogens (tertiary/aromatic N) is 2. The lowest BCUT2D eigenvalue weighted by Gasteiger charge is -2.06. The van der Waals surface area contributed by atoms with E-state index in [1.165, 1.54) is 10.9 Å². The van der Waals surface area contributed by atoms with Crippen molar-refractivity contribution in [3.05, 3.63) is 11.2 Å². The Kier molecular flexibility index (Phi) is 3.81. The number of anilines is 1. The maximum absolute atomic E-state index is 11.6. The van der Waals surface area contributed by atoms with E-state index in [4.69, 9.17) is 17.3 Å². The SMILES string of the molecule is Nc1nn(CCCOC(F)(F)F)cc1Cl. The Morgan fingerprint density at radius 1 is 1.53 bits per heavy atom. The molecule has 0 aliphatic heterocycles. The van der Waals surface area contributed by atoms with Crippen LogP contribution in [0, 0.1) is 0 Å². The molecule has 0 saturated carbocycles. The molecule has 0 aromatic carbocycles. The van der Waals surface area contributed by atoms with E-state index in [0.717, 1.165) is 0 Å². The minimum absolute atomic E-state index is 0.161. The maximum atomic E-state index is 11.6. The fourth-order valence-corrected chi connectivity index (χ4v) is 1.09. The Morgan fingerprint density at radius 2 is 2.20 bits per heavy atom. The molecule has 0 unspecified atom stereocenters. The molecular weight excluding hydrogens is 235 g/mol. The number of ether oxygens (including phenoxy) is 1. The van der Waals surface area contributed by atoms with Gasteiger partial charge in [0.2, 0.25) is 0 Å². The molecule has 0 aliphatic rings. The molecule has 0 fully saturated rings. The second-order valence-electron chi connectivity index (χ2n) is 2.77. The van der Waals surface area contributed by atoms with E-state index in [0.29, 0.717) is 0 Å². The number of hydrogen-bond donors (Lipinski definition) is 1. The number of hydrogen-bond acceptors (Lipinski definition) is 3. The highest BCUT2D eigenvalue weighted by Crippen LogP contribution is 2.17. The first-order valence-electron chi connectivity index (χ1n) is 4.07. The van der Waals surface area contributed by atoms with Crippen molar-refractivity contribution in [1.29, 1.82) is 0 Å². The molecule has 0 aliphatic carbocycles. The minimum Gasteiger partial charge on any atom is -0.381 e. The third-order valence-corrected chi connectivity index (χ3v) is 1.83. The zero-order valence-corrected chi connectivity index (χ0v) is 8.35. The summed E-state index contributed by atoms with van der Waals surface area (Å²) in [5.41, 5.74) is 5.34. The van der Waals surface area contributed by atoms with Crippen LogP contribution in [0.4, 0.5) is 19.0 Å². The molecule has 0 spiro atoms. The van der Waals surface area contributed by atoms with E-state index in [2.05, 4.69) is 9.84 Å². The minimum atomic E-state index is -4.58. The third-order valence-electron chi connectivity index (χ3n) is 1.54. The van der Waals surface area contributed by atoms with Crippen molar-refractivity contribution in [1.82, 2.24) is 9.78 Å². The molecule has 1 aromatic heterocycles. The molecule has 15 heavy (non-hydrogen) atoms. The lowest BCUT2D eigenvalue weighted by atomic mass is 10.4. The molecular formula is C7H9ClF3N3O. The molecule has 0 amide bonds. The van der Waals surface area contributed by atoms with Crippen LogP contribution in [0.3, 0.4) is 0 Å². The van der Waals surface area contributed by atoms with Crippen LogP contribution in [-0.4, -0.2) is 22.7 Å². The molecule has 2 N–H and O–H groups in total. The van der Waals surface area contributed by atoms with Gasteiger partial charge in [-0.1, -0.05) is 11.6 Å². The van der Waals surface area contributed by atoms with Crippen LogP contribution in [0.1, 0.15) is 6.42 Å². The standard InChI is InChI=1S/C7H9ClF3N3O/c8-5-4-14(13-6(5)12)2-1-3-15-7(9,10)11/h4H,1-3H2,(H2,12,13). The van der Waals surface area contributed by atoms with Gasteiger partial charge in [0.05, 0.1) is 6.61 Å². The summed E-state index contributed by atoms with van der Waals surface area (Å²) in [5.74, 6) is 0.161. The van der Waals surface area contributed by atoms with Gasteiger partial charge in [0.15, 0.2) is 5.82 Å². The van der Waals surface area contributed by atoms with E-state index in [1.807, 2.05) is 0 Å². The third kappa shape index (κ3) is 4.39. The van der Waals surface area contributed by atoms with Crippen molar-refractivity contribution in [3.63, 3.8) is 0 Å². The van der Waals surface area contributed by atoms with Crippen LogP contribution >= 0.6 is 11.6 Å². The molecule has 0 radical (unpaired) electrons. The second kappa shape index (κ2) is 4.71. The zero-order valence-electron chi connectivity index (χ0n) is 7.59. The number of nitrogens with two attached hydrogens (primary N) is 1. The van der Waals surface area contributed by atoms with Crippen molar-refractivity contribution in [2.24, 2.45) is 0 Å². The lowest BCUT2D eigenvalue weighted by Crippen LogP contribution is -2.15. The summed E-state index contributed by atoms with van der Waals surface area (Å²) in [6.45, 7) is -0.145. The molecule has 86 valence electrons. The van der Waals surface area contributed by atoms with Crippen molar-refractivity contribution < 1.29 is 17.9 Å². The zero-order chi connectivity index (χ0) is 11.5. The highest BCUT2D eigenvalue weighted by molar-refractivity contribution is 6.32. The summed E-state index contributed by atoms with van der Waals surface area (Å²) in [6, 6.07) is 0. The Labute approximate surface area is 88.8 Å². The summed E-state index contributed by atoms with van der Waals surface area (Å²) in [6.07, 6.45) is -2.96. The predicted molar refractivity (Wildman–Crippen MR) is 48.3 cm³/mol. The van der Waals surface area contributed by atoms with Gasteiger partial charge in [-0.25, -0.2) is 0 Å². The fraction of sp³-hybridized carbons (Fsp3) is 0.571. The smallest absolute Gasteiger partial charge is 0.381 e. The molecule has 0 bridgehead atoms. The number of rotatable bonds is 4. The largest absolute Gasteiger partial charge is 0.522 e. The Morgan fingerprint density at radius 3 is 2.67 bits per heavy atom. The first kappa shape index (κ1) is 12.1. The first-order chi connectivity index (χ1) is 6.88. The Balaban J connectivity index is 2.26. The summed E-state index contributed by atoms with van der Waals surface area (Å²) < 4.78 is 39.6. The van der Waals surface area contributed by atoms with Crippen LogP contribution in [0.2, 0.25) is 5.02 Å². The molecule has 1 aromatic rings. The van der Waals surface area contributed by atoms with Crippen molar-refractivity contribution in [3.8, 4) is 0 Å². The normalized spacial score (nSPS) is 12.0. The highest BCUT2D eigenvalue weighted by atomic mass is 35.5. The number of halogens is 4. The average molecular weight is 244 g/mol.